The lowest BCUT2D eigenvalue weighted by Gasteiger charge is -2.30. The molecule has 2 saturated heterocycles. The van der Waals surface area contributed by atoms with E-state index in [4.69, 9.17) is 4.74 Å². The number of nitrogens with one attached hydrogen (secondary N) is 1. The topological polar surface area (TPSA) is 74.8 Å². The number of unbranched alkanes of at least 4 members (excludes halogenated alkanes) is 1. The highest BCUT2D eigenvalue weighted by molar-refractivity contribution is 5.77. The first-order valence-corrected chi connectivity index (χ1v) is 10.9. The summed E-state index contributed by atoms with van der Waals surface area (Å²) in [5.74, 6) is 0.348. The molecule has 1 N–H and O–H groups in total. The molecule has 2 atom stereocenters. The molecule has 0 radical (unpaired) electrons. The first-order chi connectivity index (χ1) is 14.1. The van der Waals surface area contributed by atoms with Crippen LogP contribution in [0.1, 0.15) is 44.1 Å². The molecule has 0 spiro atoms. The average molecular weight is 403 g/mol. The van der Waals surface area contributed by atoms with Crippen LogP contribution < -0.4 is 5.32 Å². The normalized spacial score (nSPS) is 22.6. The quantitative estimate of drug-likeness (QED) is 0.636. The maximum atomic E-state index is 12.5. The van der Waals surface area contributed by atoms with Crippen molar-refractivity contribution in [1.29, 1.82) is 0 Å². The van der Waals surface area contributed by atoms with Crippen molar-refractivity contribution in [2.24, 2.45) is 0 Å². The molecule has 0 aliphatic carbocycles. The number of hydrogen-bond donors (Lipinski definition) is 1. The predicted octanol–water partition coefficient (Wildman–Crippen LogP) is 1.62. The van der Waals surface area contributed by atoms with E-state index in [0.717, 1.165) is 32.1 Å². The first-order valence-electron chi connectivity index (χ1n) is 10.9. The lowest BCUT2D eigenvalue weighted by Crippen LogP contribution is -2.45. The zero-order valence-corrected chi connectivity index (χ0v) is 17.5. The molecular weight excluding hydrogens is 368 g/mol. The van der Waals surface area contributed by atoms with Gasteiger partial charge in [-0.3, -0.25) is 19.5 Å². The molecule has 160 valence electrons. The summed E-state index contributed by atoms with van der Waals surface area (Å²) >= 11 is 0. The van der Waals surface area contributed by atoms with Crippen molar-refractivity contribution in [2.75, 3.05) is 39.9 Å². The Hall–Kier alpha value is -1.99. The van der Waals surface area contributed by atoms with Gasteiger partial charge in [-0.25, -0.2) is 0 Å². The fourth-order valence-electron chi connectivity index (χ4n) is 4.21. The van der Waals surface area contributed by atoms with Crippen molar-refractivity contribution >= 4 is 11.8 Å². The summed E-state index contributed by atoms with van der Waals surface area (Å²) in [4.78, 5) is 33.0. The van der Waals surface area contributed by atoms with Crippen LogP contribution >= 0.6 is 0 Å². The summed E-state index contributed by atoms with van der Waals surface area (Å²) in [5.41, 5.74) is 1.22. The number of carbonyl (C=O) groups is 2. The number of aromatic nitrogens is 1. The van der Waals surface area contributed by atoms with Crippen LogP contribution in [-0.4, -0.2) is 78.6 Å². The van der Waals surface area contributed by atoms with Gasteiger partial charge in [-0.15, -0.1) is 0 Å². The van der Waals surface area contributed by atoms with Crippen LogP contribution in [0.4, 0.5) is 0 Å². The van der Waals surface area contributed by atoms with Crippen molar-refractivity contribution in [3.63, 3.8) is 0 Å². The maximum absolute atomic E-state index is 12.5. The Kier molecular flexibility index (Phi) is 8.43. The molecule has 7 nitrogen and oxygen atoms in total. The van der Waals surface area contributed by atoms with Crippen LogP contribution in [0.2, 0.25) is 0 Å². The second kappa shape index (κ2) is 11.3. The molecule has 2 aliphatic heterocycles. The van der Waals surface area contributed by atoms with E-state index >= 15 is 0 Å². The smallest absolute Gasteiger partial charge is 0.224 e. The molecule has 0 unspecified atom stereocenters. The van der Waals surface area contributed by atoms with Crippen LogP contribution in [0.5, 0.6) is 0 Å². The number of amides is 2. The van der Waals surface area contributed by atoms with E-state index in [9.17, 15) is 9.59 Å². The highest BCUT2D eigenvalue weighted by Crippen LogP contribution is 2.25. The highest BCUT2D eigenvalue weighted by Gasteiger charge is 2.33. The van der Waals surface area contributed by atoms with Gasteiger partial charge in [0.15, 0.2) is 0 Å². The lowest BCUT2D eigenvalue weighted by atomic mass is 10.1. The minimum atomic E-state index is 0.123. The number of aryl methyl sites for hydroxylation is 1. The molecule has 29 heavy (non-hydrogen) atoms. The van der Waals surface area contributed by atoms with E-state index in [2.05, 4.69) is 28.3 Å². The summed E-state index contributed by atoms with van der Waals surface area (Å²) < 4.78 is 5.32. The lowest BCUT2D eigenvalue weighted by molar-refractivity contribution is -0.136. The first kappa shape index (κ1) is 21.7. The Labute approximate surface area is 173 Å². The number of likely N-dealkylation sites (N-methyl/N-ethyl adjacent to an activating group) is 1. The van der Waals surface area contributed by atoms with Gasteiger partial charge in [-0.05, 0) is 50.8 Å². The SMILES string of the molecule is CN1[C@@H](CC(=O)N2CCOCC2)CC[C@H]1CNC(=O)CCCCc1cccnc1. The van der Waals surface area contributed by atoms with E-state index < -0.39 is 0 Å². The summed E-state index contributed by atoms with van der Waals surface area (Å²) in [7, 11) is 2.08. The van der Waals surface area contributed by atoms with Gasteiger partial charge < -0.3 is 15.0 Å². The van der Waals surface area contributed by atoms with Crippen molar-refractivity contribution in [3.8, 4) is 0 Å². The number of pyridine rings is 1. The van der Waals surface area contributed by atoms with Crippen LogP contribution in [0.25, 0.3) is 0 Å². The number of nitrogens with zero attached hydrogens (tertiary/aromatic N) is 3. The minimum Gasteiger partial charge on any atom is -0.378 e. The summed E-state index contributed by atoms with van der Waals surface area (Å²) in [5, 5.41) is 3.09. The van der Waals surface area contributed by atoms with Gasteiger partial charge in [-0.2, -0.15) is 0 Å². The Balaban J connectivity index is 1.30. The maximum Gasteiger partial charge on any atom is 0.224 e. The van der Waals surface area contributed by atoms with Gasteiger partial charge in [0.25, 0.3) is 0 Å². The standard InChI is InChI=1S/C22H34N4O3/c1-25-19(15-22(28)26-11-13-29-14-12-26)8-9-20(25)17-24-21(27)7-3-2-5-18-6-4-10-23-16-18/h4,6,10,16,19-20H,2-3,5,7-9,11-15,17H2,1H3,(H,24,27)/t19-,20+/m1/s1. The largest absolute Gasteiger partial charge is 0.378 e. The number of morpholine rings is 1. The molecule has 2 fully saturated rings. The summed E-state index contributed by atoms with van der Waals surface area (Å²) in [6, 6.07) is 4.61. The zero-order chi connectivity index (χ0) is 20.5. The molecule has 2 aliphatic rings. The fourth-order valence-corrected chi connectivity index (χ4v) is 4.21. The van der Waals surface area contributed by atoms with Crippen LogP contribution in [0, 0.1) is 0 Å². The molecule has 3 heterocycles. The predicted molar refractivity (Wildman–Crippen MR) is 111 cm³/mol. The minimum absolute atomic E-state index is 0.123. The molecule has 1 aromatic rings. The van der Waals surface area contributed by atoms with Crippen LogP contribution in [0.15, 0.2) is 24.5 Å². The molecule has 0 bridgehead atoms. The molecule has 7 heteroatoms. The van der Waals surface area contributed by atoms with Gasteiger partial charge in [0.2, 0.25) is 11.8 Å². The fraction of sp³-hybridized carbons (Fsp3) is 0.682. The molecule has 3 rings (SSSR count). The molecular formula is C22H34N4O3. The van der Waals surface area contributed by atoms with Crippen molar-refractivity contribution < 1.29 is 14.3 Å². The van der Waals surface area contributed by atoms with Gasteiger partial charge in [-0.1, -0.05) is 6.07 Å². The third kappa shape index (κ3) is 6.78. The van der Waals surface area contributed by atoms with E-state index in [1.807, 2.05) is 17.2 Å². The number of hydrogen-bond acceptors (Lipinski definition) is 5. The third-order valence-corrected chi connectivity index (χ3v) is 6.14. The number of ether oxygens (including phenoxy) is 1. The zero-order valence-electron chi connectivity index (χ0n) is 17.5. The van der Waals surface area contributed by atoms with Crippen molar-refractivity contribution in [1.82, 2.24) is 20.1 Å². The van der Waals surface area contributed by atoms with Crippen LogP contribution in [0.3, 0.4) is 0 Å². The van der Waals surface area contributed by atoms with Crippen molar-refractivity contribution in [2.45, 2.75) is 57.0 Å². The Morgan fingerprint density at radius 1 is 1.21 bits per heavy atom. The molecule has 0 aromatic carbocycles. The second-order valence-corrected chi connectivity index (χ2v) is 8.12. The Morgan fingerprint density at radius 3 is 2.76 bits per heavy atom. The Morgan fingerprint density at radius 2 is 2.00 bits per heavy atom. The van der Waals surface area contributed by atoms with E-state index in [1.54, 1.807) is 6.20 Å². The number of likely N-dealkylation sites (tertiary alicyclic amines) is 1. The van der Waals surface area contributed by atoms with Gasteiger partial charge in [0, 0.05) is 57.0 Å². The Bertz CT molecular complexity index is 649. The monoisotopic (exact) mass is 402 g/mol. The number of carbonyl (C=O) groups excluding carboxylic acids is 2. The van der Waals surface area contributed by atoms with Gasteiger partial charge in [0.1, 0.15) is 0 Å². The van der Waals surface area contributed by atoms with Gasteiger partial charge >= 0.3 is 0 Å². The van der Waals surface area contributed by atoms with E-state index in [0.29, 0.717) is 51.7 Å². The third-order valence-electron chi connectivity index (χ3n) is 6.14. The second-order valence-electron chi connectivity index (χ2n) is 8.12. The van der Waals surface area contributed by atoms with E-state index in [1.165, 1.54) is 5.56 Å². The summed E-state index contributed by atoms with van der Waals surface area (Å²) in [6.45, 7) is 3.36. The van der Waals surface area contributed by atoms with Gasteiger partial charge in [0.05, 0.1) is 13.2 Å². The van der Waals surface area contributed by atoms with Crippen LogP contribution in [-0.2, 0) is 20.7 Å². The molecule has 0 saturated carbocycles. The highest BCUT2D eigenvalue weighted by atomic mass is 16.5. The summed E-state index contributed by atoms with van der Waals surface area (Å²) in [6.07, 6.45) is 9.68. The molecule has 2 amide bonds. The van der Waals surface area contributed by atoms with E-state index in [-0.39, 0.29) is 17.9 Å². The number of rotatable bonds is 9. The average Bonchev–Trinajstić information content (AvgIpc) is 3.10. The molecule has 1 aromatic heterocycles. The van der Waals surface area contributed by atoms with Crippen molar-refractivity contribution in [3.05, 3.63) is 30.1 Å².